The predicted molar refractivity (Wildman–Crippen MR) is 234 cm³/mol. The van der Waals surface area contributed by atoms with Crippen molar-refractivity contribution in [1.29, 1.82) is 0 Å². The van der Waals surface area contributed by atoms with E-state index in [0.29, 0.717) is 19.5 Å². The second-order valence-electron chi connectivity index (χ2n) is 16.9. The van der Waals surface area contributed by atoms with Gasteiger partial charge in [0.1, 0.15) is 23.7 Å². The molecule has 5 aromatic rings. The van der Waals surface area contributed by atoms with Crippen molar-refractivity contribution in [3.63, 3.8) is 0 Å². The SMILES string of the molecule is CCN(CC)[C@H](C(=O)N1C[C@]2(CCCO2)C[C@H]1c1ncc(-c2ccc(-c3ccc(-c4cnc([C@@H]5CCCN5C(=O)[C@@H](NC(=O)OC)C(C)C)[nH]4)cc3)cc2)[nH]1)c1ccccc1. The Morgan fingerprint density at radius 2 is 1.41 bits per heavy atom. The zero-order valence-corrected chi connectivity index (χ0v) is 35.9. The van der Waals surface area contributed by atoms with Gasteiger partial charge in [0.05, 0.1) is 55.1 Å². The number of hydrogen-bond acceptors (Lipinski definition) is 8. The Morgan fingerprint density at radius 1 is 0.820 bits per heavy atom. The highest BCUT2D eigenvalue weighted by atomic mass is 16.5. The third-order valence-electron chi connectivity index (χ3n) is 12.9. The van der Waals surface area contributed by atoms with E-state index in [-0.39, 0.29) is 41.5 Å². The molecule has 13 heteroatoms. The van der Waals surface area contributed by atoms with Gasteiger partial charge in [-0.05, 0) is 72.5 Å². The summed E-state index contributed by atoms with van der Waals surface area (Å²) < 4.78 is 11.2. The van der Waals surface area contributed by atoms with Gasteiger partial charge in [-0.1, -0.05) is 107 Å². The van der Waals surface area contributed by atoms with Gasteiger partial charge in [0.15, 0.2) is 0 Å². The van der Waals surface area contributed by atoms with Crippen LogP contribution in [0.3, 0.4) is 0 Å². The Morgan fingerprint density at radius 3 is 1.95 bits per heavy atom. The molecular formula is C48H58N8O5. The predicted octanol–water partition coefficient (Wildman–Crippen LogP) is 8.08. The van der Waals surface area contributed by atoms with E-state index in [4.69, 9.17) is 19.4 Å². The van der Waals surface area contributed by atoms with Gasteiger partial charge < -0.3 is 34.6 Å². The van der Waals surface area contributed by atoms with E-state index in [1.165, 1.54) is 7.11 Å². The molecule has 61 heavy (non-hydrogen) atoms. The molecule has 0 saturated carbocycles. The van der Waals surface area contributed by atoms with Gasteiger partial charge >= 0.3 is 6.09 Å². The molecule has 3 aliphatic rings. The van der Waals surface area contributed by atoms with Gasteiger partial charge in [-0.15, -0.1) is 0 Å². The number of carbonyl (C=O) groups is 3. The fourth-order valence-electron chi connectivity index (χ4n) is 9.54. The summed E-state index contributed by atoms with van der Waals surface area (Å²) >= 11 is 0. The van der Waals surface area contributed by atoms with Crippen molar-refractivity contribution >= 4 is 17.9 Å². The second-order valence-corrected chi connectivity index (χ2v) is 16.9. The number of likely N-dealkylation sites (tertiary alicyclic amines) is 2. The topological polar surface area (TPSA) is 149 Å². The van der Waals surface area contributed by atoms with Gasteiger partial charge in [-0.2, -0.15) is 0 Å². The van der Waals surface area contributed by atoms with Gasteiger partial charge in [0, 0.05) is 19.6 Å². The van der Waals surface area contributed by atoms with Gasteiger partial charge in [0.2, 0.25) is 11.8 Å². The molecule has 8 rings (SSSR count). The van der Waals surface area contributed by atoms with Crippen LogP contribution in [0.4, 0.5) is 4.79 Å². The molecular weight excluding hydrogens is 769 g/mol. The summed E-state index contributed by atoms with van der Waals surface area (Å²) in [5.41, 5.74) is 6.58. The summed E-state index contributed by atoms with van der Waals surface area (Å²) in [6.45, 7) is 11.5. The number of hydrogen-bond donors (Lipinski definition) is 3. The lowest BCUT2D eigenvalue weighted by Gasteiger charge is -2.34. The molecule has 3 amide bonds. The van der Waals surface area contributed by atoms with E-state index < -0.39 is 12.1 Å². The summed E-state index contributed by atoms with van der Waals surface area (Å²) in [4.78, 5) is 63.0. The first kappa shape index (κ1) is 41.9. The van der Waals surface area contributed by atoms with E-state index in [1.54, 1.807) is 0 Å². The van der Waals surface area contributed by atoms with Crippen LogP contribution in [0.15, 0.2) is 91.3 Å². The number of methoxy groups -OCH3 is 1. The lowest BCUT2D eigenvalue weighted by Crippen LogP contribution is -2.51. The molecule has 5 atom stereocenters. The zero-order valence-electron chi connectivity index (χ0n) is 35.9. The lowest BCUT2D eigenvalue weighted by molar-refractivity contribution is -0.139. The summed E-state index contributed by atoms with van der Waals surface area (Å²) in [6, 6.07) is 25.4. The summed E-state index contributed by atoms with van der Waals surface area (Å²) in [5, 5.41) is 2.71. The number of alkyl carbamates (subject to hydrolysis) is 1. The van der Waals surface area contributed by atoms with Crippen LogP contribution in [-0.4, -0.2) is 104 Å². The van der Waals surface area contributed by atoms with E-state index in [2.05, 4.69) is 94.7 Å². The van der Waals surface area contributed by atoms with Crippen molar-refractivity contribution in [3.05, 3.63) is 108 Å². The number of amides is 3. The van der Waals surface area contributed by atoms with Gasteiger partial charge in [-0.25, -0.2) is 14.8 Å². The number of likely N-dealkylation sites (N-methyl/N-ethyl adjacent to an activating group) is 1. The Hall–Kier alpha value is -5.79. The third-order valence-corrected chi connectivity index (χ3v) is 12.9. The number of nitrogens with zero attached hydrogens (tertiary/aromatic N) is 5. The number of nitrogens with one attached hydrogen (secondary N) is 3. The number of carbonyl (C=O) groups excluding carboxylic acids is 3. The lowest BCUT2D eigenvalue weighted by atomic mass is 9.96. The maximum absolute atomic E-state index is 14.7. The Kier molecular flexibility index (Phi) is 12.4. The minimum Gasteiger partial charge on any atom is -0.453 e. The summed E-state index contributed by atoms with van der Waals surface area (Å²) in [5.74, 6) is 1.37. The van der Waals surface area contributed by atoms with Crippen molar-refractivity contribution in [1.82, 2.24) is 40.0 Å². The average molecular weight is 827 g/mol. The van der Waals surface area contributed by atoms with Crippen LogP contribution in [0, 0.1) is 5.92 Å². The maximum atomic E-state index is 14.7. The van der Waals surface area contributed by atoms with E-state index in [1.807, 2.05) is 54.2 Å². The quantitative estimate of drug-likeness (QED) is 0.108. The standard InChI is InChI=1S/C48H58N8O5/c1-6-54(7-2)42(36-13-9-8-10-14-36)46(58)56-30-48(24-12-26-61-48)27-40(56)44-50-29-38(52-44)35-22-18-33(19-23-35)32-16-20-34(21-17-32)37-28-49-43(51-37)39-15-11-25-55(39)45(57)41(31(3)4)53-47(59)60-5/h8-10,13-14,16-23,28-29,31,39-42H,6-7,11-12,15,24-27,30H2,1-5H3,(H,49,51)(H,50,52)(H,53,59)/t39-,40-,41-,42-,48-/m0/s1. The van der Waals surface area contributed by atoms with Crippen LogP contribution in [0.25, 0.3) is 33.6 Å². The van der Waals surface area contributed by atoms with E-state index in [9.17, 15) is 14.4 Å². The molecule has 0 aliphatic carbocycles. The number of ether oxygens (including phenoxy) is 2. The molecule has 3 N–H and O–H groups in total. The highest BCUT2D eigenvalue weighted by molar-refractivity contribution is 5.86. The summed E-state index contributed by atoms with van der Waals surface area (Å²) in [7, 11) is 1.30. The molecule has 3 saturated heterocycles. The van der Waals surface area contributed by atoms with Crippen LogP contribution in [0.5, 0.6) is 0 Å². The first-order valence-electron chi connectivity index (χ1n) is 21.8. The van der Waals surface area contributed by atoms with Crippen LogP contribution in [-0.2, 0) is 19.1 Å². The Bertz CT molecular complexity index is 2280. The minimum atomic E-state index is -0.683. The highest BCUT2D eigenvalue weighted by Gasteiger charge is 2.51. The minimum absolute atomic E-state index is 0.0900. The number of aromatic nitrogens is 4. The third kappa shape index (κ3) is 8.58. The molecule has 2 aromatic heterocycles. The van der Waals surface area contributed by atoms with E-state index in [0.717, 1.165) is 96.2 Å². The molecule has 3 fully saturated rings. The zero-order chi connectivity index (χ0) is 42.7. The van der Waals surface area contributed by atoms with Crippen molar-refractivity contribution in [2.75, 3.05) is 39.9 Å². The number of imidazole rings is 2. The molecule has 5 heterocycles. The normalized spacial score (nSPS) is 21.1. The van der Waals surface area contributed by atoms with Crippen molar-refractivity contribution < 1.29 is 23.9 Å². The van der Waals surface area contributed by atoms with Crippen LogP contribution in [0.1, 0.15) is 95.1 Å². The van der Waals surface area contributed by atoms with Crippen molar-refractivity contribution in [2.45, 2.75) is 89.6 Å². The number of H-pyrrole nitrogens is 2. The maximum Gasteiger partial charge on any atom is 0.407 e. The fourth-order valence-corrected chi connectivity index (χ4v) is 9.54. The molecule has 320 valence electrons. The smallest absolute Gasteiger partial charge is 0.407 e. The van der Waals surface area contributed by atoms with Crippen molar-refractivity contribution in [3.8, 4) is 33.6 Å². The van der Waals surface area contributed by atoms with Crippen molar-refractivity contribution in [2.24, 2.45) is 5.92 Å². The molecule has 0 unspecified atom stereocenters. The number of aromatic amines is 2. The highest BCUT2D eigenvalue weighted by Crippen LogP contribution is 2.46. The largest absolute Gasteiger partial charge is 0.453 e. The number of benzene rings is 3. The van der Waals surface area contributed by atoms with Gasteiger partial charge in [0.25, 0.3) is 0 Å². The number of rotatable bonds is 13. The molecule has 0 radical (unpaired) electrons. The van der Waals surface area contributed by atoms with E-state index >= 15 is 0 Å². The summed E-state index contributed by atoms with van der Waals surface area (Å²) in [6.07, 6.45) is 7.37. The molecule has 0 bridgehead atoms. The molecule has 3 aliphatic heterocycles. The molecule has 1 spiro atoms. The van der Waals surface area contributed by atoms with Crippen LogP contribution < -0.4 is 5.32 Å². The Balaban J connectivity index is 0.961. The van der Waals surface area contributed by atoms with Crippen LogP contribution >= 0.6 is 0 Å². The first-order valence-corrected chi connectivity index (χ1v) is 21.8. The second kappa shape index (κ2) is 18.1. The van der Waals surface area contributed by atoms with Gasteiger partial charge in [-0.3, -0.25) is 14.5 Å². The molecule has 13 nitrogen and oxygen atoms in total. The average Bonchev–Trinajstić information content (AvgIpc) is 4.16. The fraction of sp³-hybridized carbons (Fsp3) is 0.438. The monoisotopic (exact) mass is 826 g/mol. The molecule has 3 aromatic carbocycles. The Labute approximate surface area is 358 Å². The van der Waals surface area contributed by atoms with Crippen LogP contribution in [0.2, 0.25) is 0 Å². The first-order chi connectivity index (χ1) is 29.6.